The van der Waals surface area contributed by atoms with Crippen molar-refractivity contribution in [1.82, 2.24) is 9.21 Å². The van der Waals surface area contributed by atoms with Crippen LogP contribution in [0.5, 0.6) is 0 Å². The van der Waals surface area contributed by atoms with Gasteiger partial charge in [0.1, 0.15) is 0 Å². The van der Waals surface area contributed by atoms with Crippen LogP contribution in [0.15, 0.2) is 59.5 Å². The first-order valence-electron chi connectivity index (χ1n) is 9.55. The zero-order valence-corrected chi connectivity index (χ0v) is 17.6. The van der Waals surface area contributed by atoms with Gasteiger partial charge in [-0.2, -0.15) is 4.31 Å². The van der Waals surface area contributed by atoms with Gasteiger partial charge in [-0.25, -0.2) is 13.2 Å². The van der Waals surface area contributed by atoms with Crippen molar-refractivity contribution < 1.29 is 17.9 Å². The third-order valence-corrected chi connectivity index (χ3v) is 6.95. The fraction of sp³-hybridized carbons (Fsp3) is 0.318. The number of rotatable bonds is 6. The molecule has 0 bridgehead atoms. The monoisotopic (exact) mass is 414 g/mol. The van der Waals surface area contributed by atoms with Gasteiger partial charge in [0.25, 0.3) is 0 Å². The molecule has 154 valence electrons. The minimum atomic E-state index is -3.65. The van der Waals surface area contributed by atoms with Gasteiger partial charge in [0.2, 0.25) is 10.0 Å². The number of nitrogens with zero attached hydrogens (tertiary/aromatic N) is 2. The largest absolute Gasteiger partial charge is 0.465 e. The van der Waals surface area contributed by atoms with Crippen molar-refractivity contribution in [3.8, 4) is 0 Å². The van der Waals surface area contributed by atoms with Crippen LogP contribution in [-0.4, -0.2) is 63.4 Å². The lowest BCUT2D eigenvalue weighted by molar-refractivity contribution is 0.0599. The second kappa shape index (κ2) is 9.35. The van der Waals surface area contributed by atoms with Crippen molar-refractivity contribution in [2.45, 2.75) is 11.8 Å². The second-order valence-corrected chi connectivity index (χ2v) is 8.92. The highest BCUT2D eigenvalue weighted by Gasteiger charge is 2.29. The SMILES string of the molecule is COC(=O)c1cc(S(=O)(=O)N2CCN(C/C=C/c3ccccc3)CC2)ccc1C. The summed E-state index contributed by atoms with van der Waals surface area (Å²) in [6.45, 7) is 4.69. The molecule has 0 aromatic heterocycles. The van der Waals surface area contributed by atoms with E-state index in [-0.39, 0.29) is 10.5 Å². The first-order valence-corrected chi connectivity index (χ1v) is 11.0. The molecule has 0 saturated carbocycles. The highest BCUT2D eigenvalue weighted by Crippen LogP contribution is 2.21. The first-order chi connectivity index (χ1) is 13.9. The summed E-state index contributed by atoms with van der Waals surface area (Å²) in [6.07, 6.45) is 4.17. The zero-order chi connectivity index (χ0) is 20.9. The summed E-state index contributed by atoms with van der Waals surface area (Å²) in [7, 11) is -2.36. The predicted octanol–water partition coefficient (Wildman–Crippen LogP) is 2.80. The van der Waals surface area contributed by atoms with Crippen LogP contribution in [0.25, 0.3) is 6.08 Å². The molecule has 1 heterocycles. The minimum absolute atomic E-state index is 0.126. The molecule has 0 atom stereocenters. The van der Waals surface area contributed by atoms with Gasteiger partial charge < -0.3 is 4.74 Å². The fourth-order valence-electron chi connectivity index (χ4n) is 3.29. The molecule has 0 spiro atoms. The number of esters is 1. The van der Waals surface area contributed by atoms with Crippen LogP contribution in [0.4, 0.5) is 0 Å². The van der Waals surface area contributed by atoms with E-state index in [1.54, 1.807) is 19.1 Å². The van der Waals surface area contributed by atoms with Gasteiger partial charge in [-0.3, -0.25) is 4.90 Å². The van der Waals surface area contributed by atoms with Crippen LogP contribution in [0.1, 0.15) is 21.5 Å². The first kappa shape index (κ1) is 21.2. The van der Waals surface area contributed by atoms with Gasteiger partial charge in [0, 0.05) is 32.7 Å². The highest BCUT2D eigenvalue weighted by molar-refractivity contribution is 7.89. The van der Waals surface area contributed by atoms with E-state index in [4.69, 9.17) is 4.74 Å². The average molecular weight is 415 g/mol. The summed E-state index contributed by atoms with van der Waals surface area (Å²) in [6, 6.07) is 14.7. The third-order valence-electron chi connectivity index (χ3n) is 5.06. The van der Waals surface area contributed by atoms with Gasteiger partial charge in [0.15, 0.2) is 0 Å². The maximum absolute atomic E-state index is 13.0. The molecule has 6 nitrogen and oxygen atoms in total. The molecule has 1 aliphatic rings. The molecule has 2 aromatic carbocycles. The van der Waals surface area contributed by atoms with Crippen molar-refractivity contribution in [2.75, 3.05) is 39.8 Å². The highest BCUT2D eigenvalue weighted by atomic mass is 32.2. The second-order valence-electron chi connectivity index (χ2n) is 6.99. The Balaban J connectivity index is 1.62. The standard InChI is InChI=1S/C22H26N2O4S/c1-18-10-11-20(17-21(18)22(25)28-2)29(26,27)24-15-13-23(14-16-24)12-6-9-19-7-4-3-5-8-19/h3-11,17H,12-16H2,1-2H3/b9-6+. The van der Waals surface area contributed by atoms with Gasteiger partial charge in [-0.1, -0.05) is 48.6 Å². The third kappa shape index (κ3) is 5.12. The van der Waals surface area contributed by atoms with E-state index in [2.05, 4.69) is 17.1 Å². The Hall–Kier alpha value is -2.48. The van der Waals surface area contributed by atoms with Crippen molar-refractivity contribution >= 4 is 22.1 Å². The quantitative estimate of drug-likeness (QED) is 0.680. The molecule has 1 aliphatic heterocycles. The van der Waals surface area contributed by atoms with Crippen LogP contribution >= 0.6 is 0 Å². The average Bonchev–Trinajstić information content (AvgIpc) is 2.74. The number of hydrogen-bond donors (Lipinski definition) is 0. The van der Waals surface area contributed by atoms with E-state index in [0.717, 1.165) is 12.1 Å². The molecule has 0 radical (unpaired) electrons. The van der Waals surface area contributed by atoms with Crippen molar-refractivity contribution in [1.29, 1.82) is 0 Å². The topological polar surface area (TPSA) is 66.9 Å². The molecular weight excluding hydrogens is 388 g/mol. The van der Waals surface area contributed by atoms with E-state index in [0.29, 0.717) is 31.7 Å². The van der Waals surface area contributed by atoms with Crippen molar-refractivity contribution in [2.24, 2.45) is 0 Å². The normalized spacial score (nSPS) is 16.2. The van der Waals surface area contributed by atoms with Gasteiger partial charge in [-0.15, -0.1) is 0 Å². The van der Waals surface area contributed by atoms with E-state index < -0.39 is 16.0 Å². The number of benzene rings is 2. The van der Waals surface area contributed by atoms with E-state index in [1.165, 1.54) is 17.5 Å². The Morgan fingerprint density at radius 3 is 2.41 bits per heavy atom. The number of ether oxygens (including phenoxy) is 1. The lowest BCUT2D eigenvalue weighted by atomic mass is 10.1. The Morgan fingerprint density at radius 1 is 1.07 bits per heavy atom. The molecule has 29 heavy (non-hydrogen) atoms. The Morgan fingerprint density at radius 2 is 1.76 bits per heavy atom. The van der Waals surface area contributed by atoms with Crippen molar-refractivity contribution in [3.63, 3.8) is 0 Å². The van der Waals surface area contributed by atoms with Crippen LogP contribution in [0, 0.1) is 6.92 Å². The smallest absolute Gasteiger partial charge is 0.338 e. The lowest BCUT2D eigenvalue weighted by Crippen LogP contribution is -2.48. The van der Waals surface area contributed by atoms with E-state index in [1.807, 2.05) is 30.3 Å². The fourth-order valence-corrected chi connectivity index (χ4v) is 4.74. The summed E-state index contributed by atoms with van der Waals surface area (Å²) in [4.78, 5) is 14.2. The summed E-state index contributed by atoms with van der Waals surface area (Å²) < 4.78 is 32.3. The Bertz CT molecular complexity index is 979. The number of aryl methyl sites for hydroxylation is 1. The molecule has 0 aliphatic carbocycles. The summed E-state index contributed by atoms with van der Waals surface area (Å²) in [5, 5.41) is 0. The maximum atomic E-state index is 13.0. The number of piperazine rings is 1. The summed E-state index contributed by atoms with van der Waals surface area (Å²) >= 11 is 0. The molecule has 0 amide bonds. The summed E-state index contributed by atoms with van der Waals surface area (Å²) in [5.74, 6) is -0.533. The maximum Gasteiger partial charge on any atom is 0.338 e. The van der Waals surface area contributed by atoms with Gasteiger partial charge in [-0.05, 0) is 30.2 Å². The number of carbonyl (C=O) groups is 1. The van der Waals surface area contributed by atoms with Crippen LogP contribution in [0.2, 0.25) is 0 Å². The van der Waals surface area contributed by atoms with E-state index >= 15 is 0 Å². The lowest BCUT2D eigenvalue weighted by Gasteiger charge is -2.33. The Labute approximate surface area is 172 Å². The number of hydrogen-bond acceptors (Lipinski definition) is 5. The molecule has 2 aromatic rings. The van der Waals surface area contributed by atoms with Crippen LogP contribution in [-0.2, 0) is 14.8 Å². The number of sulfonamides is 1. The molecule has 0 unspecified atom stereocenters. The van der Waals surface area contributed by atoms with Gasteiger partial charge >= 0.3 is 5.97 Å². The summed E-state index contributed by atoms with van der Waals surface area (Å²) in [5.41, 5.74) is 2.11. The number of carbonyl (C=O) groups excluding carboxylic acids is 1. The van der Waals surface area contributed by atoms with Gasteiger partial charge in [0.05, 0.1) is 17.6 Å². The Kier molecular flexibility index (Phi) is 6.84. The molecule has 0 N–H and O–H groups in total. The molecule has 3 rings (SSSR count). The molecule has 7 heteroatoms. The van der Waals surface area contributed by atoms with Crippen molar-refractivity contribution in [3.05, 3.63) is 71.3 Å². The molecular formula is C22H26N2O4S. The number of methoxy groups -OCH3 is 1. The zero-order valence-electron chi connectivity index (χ0n) is 16.7. The predicted molar refractivity (Wildman–Crippen MR) is 113 cm³/mol. The van der Waals surface area contributed by atoms with Crippen LogP contribution in [0.3, 0.4) is 0 Å². The molecule has 1 fully saturated rings. The van der Waals surface area contributed by atoms with E-state index in [9.17, 15) is 13.2 Å². The molecule has 1 saturated heterocycles. The minimum Gasteiger partial charge on any atom is -0.465 e. The van der Waals surface area contributed by atoms with Crippen LogP contribution < -0.4 is 0 Å².